The number of rotatable bonds is 2. The van der Waals surface area contributed by atoms with Gasteiger partial charge in [-0.25, -0.2) is 0 Å². The van der Waals surface area contributed by atoms with Crippen LogP contribution in [0, 0.1) is 12.8 Å². The lowest BCUT2D eigenvalue weighted by atomic mass is 9.75. The van der Waals surface area contributed by atoms with Crippen molar-refractivity contribution in [1.82, 2.24) is 14.9 Å². The van der Waals surface area contributed by atoms with Gasteiger partial charge in [-0.15, -0.1) is 0 Å². The van der Waals surface area contributed by atoms with Crippen LogP contribution in [-0.4, -0.2) is 41.6 Å². The third-order valence-electron chi connectivity index (χ3n) is 5.73. The Balaban J connectivity index is 1.74. The van der Waals surface area contributed by atoms with Gasteiger partial charge in [0.2, 0.25) is 0 Å². The van der Waals surface area contributed by atoms with Gasteiger partial charge in [-0.1, -0.05) is 0 Å². The van der Waals surface area contributed by atoms with Crippen LogP contribution in [0.25, 0.3) is 22.0 Å². The van der Waals surface area contributed by atoms with Crippen LogP contribution in [0.2, 0.25) is 0 Å². The summed E-state index contributed by atoms with van der Waals surface area (Å²) in [7, 11) is 1.60. The van der Waals surface area contributed by atoms with E-state index in [4.69, 9.17) is 9.15 Å². The third kappa shape index (κ3) is 1.86. The van der Waals surface area contributed by atoms with E-state index in [0.717, 1.165) is 28.1 Å². The molecule has 6 rings (SSSR count). The lowest BCUT2D eigenvalue weighted by Crippen LogP contribution is -2.46. The number of aromatic amines is 1. The molecule has 3 fully saturated rings. The Morgan fingerprint density at radius 1 is 1.35 bits per heavy atom. The molecule has 1 unspecified atom stereocenters. The zero-order valence-electron chi connectivity index (χ0n) is 13.6. The van der Waals surface area contributed by atoms with E-state index in [1.807, 2.05) is 0 Å². The lowest BCUT2D eigenvalue weighted by molar-refractivity contribution is 0.0877. The second-order valence-electron chi connectivity index (χ2n) is 6.97. The van der Waals surface area contributed by atoms with Crippen LogP contribution in [0.4, 0.5) is 0 Å². The number of hydrogen-bond acceptors (Lipinski definition) is 4. The van der Waals surface area contributed by atoms with Crippen LogP contribution >= 0.6 is 0 Å². The maximum absolute atomic E-state index is 5.77. The molecule has 1 N–H and O–H groups in total. The number of hydrogen-bond donors (Lipinski definition) is 1. The van der Waals surface area contributed by atoms with Crippen molar-refractivity contribution in [2.24, 2.45) is 5.92 Å². The van der Waals surface area contributed by atoms with Crippen molar-refractivity contribution in [1.29, 1.82) is 0 Å². The molecule has 0 amide bonds. The molecular weight excluding hydrogens is 290 g/mol. The molecule has 0 aliphatic carbocycles. The molecule has 0 spiro atoms. The van der Waals surface area contributed by atoms with Gasteiger partial charge in [0.25, 0.3) is 0 Å². The first-order valence-corrected chi connectivity index (χ1v) is 8.42. The van der Waals surface area contributed by atoms with E-state index in [1.165, 1.54) is 43.4 Å². The standard InChI is InChI=1S/C18H21N3O2/c1-10-7-14-15(16-17(10)23-18(20-16)22-2)12(8-19-14)13-9-21-5-3-11(13)4-6-21/h7-8,11,13,19H,3-6,9H2,1-2H3. The number of H-pyrrole nitrogens is 1. The molecule has 3 saturated heterocycles. The Hall–Kier alpha value is -2.01. The Kier molecular flexibility index (Phi) is 2.77. The van der Waals surface area contributed by atoms with E-state index < -0.39 is 0 Å². The Morgan fingerprint density at radius 3 is 2.87 bits per heavy atom. The number of ether oxygens (including phenoxy) is 1. The van der Waals surface area contributed by atoms with Crippen LogP contribution in [-0.2, 0) is 0 Å². The zero-order valence-corrected chi connectivity index (χ0v) is 13.6. The molecular formula is C18H21N3O2. The highest BCUT2D eigenvalue weighted by atomic mass is 16.6. The van der Waals surface area contributed by atoms with E-state index in [9.17, 15) is 0 Å². The SMILES string of the molecule is COc1nc2c(o1)c(C)cc1[nH]cc(C3CN4CCC3CC4)c12. The number of methoxy groups -OCH3 is 1. The molecule has 1 aromatic carbocycles. The van der Waals surface area contributed by atoms with Gasteiger partial charge in [0.1, 0.15) is 5.52 Å². The normalized spacial score (nSPS) is 27.1. The predicted molar refractivity (Wildman–Crippen MR) is 89.1 cm³/mol. The molecule has 5 heterocycles. The Labute approximate surface area is 134 Å². The fourth-order valence-electron chi connectivity index (χ4n) is 4.55. The van der Waals surface area contributed by atoms with Crippen LogP contribution in [0.5, 0.6) is 6.08 Å². The highest BCUT2D eigenvalue weighted by Crippen LogP contribution is 2.43. The van der Waals surface area contributed by atoms with Gasteiger partial charge in [0, 0.05) is 29.6 Å². The number of aromatic nitrogens is 2. The first-order valence-electron chi connectivity index (χ1n) is 8.42. The summed E-state index contributed by atoms with van der Waals surface area (Å²) in [4.78, 5) is 10.6. The first kappa shape index (κ1) is 13.4. The van der Waals surface area contributed by atoms with Crippen molar-refractivity contribution < 1.29 is 9.15 Å². The number of oxazole rings is 1. The number of fused-ring (bicyclic) bond motifs is 6. The van der Waals surface area contributed by atoms with E-state index in [1.54, 1.807) is 7.11 Å². The number of nitrogens with one attached hydrogen (secondary N) is 1. The second-order valence-corrected chi connectivity index (χ2v) is 6.97. The van der Waals surface area contributed by atoms with E-state index in [2.05, 4.69) is 34.1 Å². The minimum atomic E-state index is 0.344. The van der Waals surface area contributed by atoms with Crippen molar-refractivity contribution in [2.75, 3.05) is 26.7 Å². The summed E-state index contributed by atoms with van der Waals surface area (Å²) in [5.41, 5.74) is 5.42. The van der Waals surface area contributed by atoms with Crippen LogP contribution in [0.15, 0.2) is 16.7 Å². The average Bonchev–Trinajstić information content (AvgIpc) is 3.19. The maximum Gasteiger partial charge on any atom is 0.394 e. The fourth-order valence-corrected chi connectivity index (χ4v) is 4.55. The fraction of sp³-hybridized carbons (Fsp3) is 0.500. The quantitative estimate of drug-likeness (QED) is 0.788. The van der Waals surface area contributed by atoms with Crippen molar-refractivity contribution in [2.45, 2.75) is 25.7 Å². The molecule has 120 valence electrons. The van der Waals surface area contributed by atoms with Gasteiger partial charge in [-0.3, -0.25) is 0 Å². The molecule has 3 aliphatic rings. The van der Waals surface area contributed by atoms with Crippen LogP contribution in [0.3, 0.4) is 0 Å². The highest BCUT2D eigenvalue weighted by Gasteiger charge is 2.36. The number of aryl methyl sites for hydroxylation is 1. The Bertz CT molecular complexity index is 887. The minimum Gasteiger partial charge on any atom is -0.453 e. The maximum atomic E-state index is 5.77. The van der Waals surface area contributed by atoms with Crippen molar-refractivity contribution in [3.8, 4) is 6.08 Å². The lowest BCUT2D eigenvalue weighted by Gasteiger charge is -2.44. The predicted octanol–water partition coefficient (Wildman–Crippen LogP) is 3.44. The second kappa shape index (κ2) is 4.74. The molecule has 2 aromatic heterocycles. The summed E-state index contributed by atoms with van der Waals surface area (Å²) in [5.74, 6) is 1.39. The number of nitrogens with zero attached hydrogens (tertiary/aromatic N) is 2. The number of piperidine rings is 3. The smallest absolute Gasteiger partial charge is 0.394 e. The summed E-state index contributed by atoms with van der Waals surface area (Å²) in [6, 6.07) is 2.16. The van der Waals surface area contributed by atoms with Gasteiger partial charge >= 0.3 is 6.08 Å². The van der Waals surface area contributed by atoms with E-state index in [-0.39, 0.29) is 0 Å². The molecule has 0 saturated carbocycles. The molecule has 0 radical (unpaired) electrons. The van der Waals surface area contributed by atoms with Crippen LogP contribution < -0.4 is 4.74 Å². The van der Waals surface area contributed by atoms with Crippen molar-refractivity contribution in [3.63, 3.8) is 0 Å². The van der Waals surface area contributed by atoms with E-state index >= 15 is 0 Å². The van der Waals surface area contributed by atoms with Gasteiger partial charge in [-0.05, 0) is 56.0 Å². The summed E-state index contributed by atoms with van der Waals surface area (Å²) in [5, 5.41) is 1.22. The summed E-state index contributed by atoms with van der Waals surface area (Å²) < 4.78 is 11.0. The molecule has 3 aromatic rings. The van der Waals surface area contributed by atoms with Gasteiger partial charge in [0.05, 0.1) is 7.11 Å². The van der Waals surface area contributed by atoms with E-state index in [0.29, 0.717) is 12.0 Å². The molecule has 2 bridgehead atoms. The molecule has 5 nitrogen and oxygen atoms in total. The summed E-state index contributed by atoms with van der Waals surface area (Å²) in [6.45, 7) is 5.74. The Morgan fingerprint density at radius 2 is 2.17 bits per heavy atom. The zero-order chi connectivity index (χ0) is 15.6. The summed E-state index contributed by atoms with van der Waals surface area (Å²) in [6.07, 6.45) is 5.16. The minimum absolute atomic E-state index is 0.344. The average molecular weight is 311 g/mol. The number of benzene rings is 1. The third-order valence-corrected chi connectivity index (χ3v) is 5.73. The molecule has 1 atom stereocenters. The topological polar surface area (TPSA) is 54.3 Å². The molecule has 23 heavy (non-hydrogen) atoms. The van der Waals surface area contributed by atoms with Gasteiger partial charge in [-0.2, -0.15) is 4.98 Å². The van der Waals surface area contributed by atoms with Crippen molar-refractivity contribution in [3.05, 3.63) is 23.4 Å². The van der Waals surface area contributed by atoms with Crippen LogP contribution in [0.1, 0.15) is 29.9 Å². The first-order chi connectivity index (χ1) is 11.2. The van der Waals surface area contributed by atoms with Gasteiger partial charge in [0.15, 0.2) is 5.58 Å². The largest absolute Gasteiger partial charge is 0.453 e. The monoisotopic (exact) mass is 311 g/mol. The van der Waals surface area contributed by atoms with Crippen molar-refractivity contribution >= 4 is 22.0 Å². The molecule has 5 heteroatoms. The molecule has 3 aliphatic heterocycles. The van der Waals surface area contributed by atoms with Gasteiger partial charge < -0.3 is 19.0 Å². The highest BCUT2D eigenvalue weighted by molar-refractivity contribution is 6.06. The summed E-state index contributed by atoms with van der Waals surface area (Å²) >= 11 is 0.